The molecule has 0 bridgehead atoms. The van der Waals surface area contributed by atoms with Gasteiger partial charge in [0.05, 0.1) is 36.1 Å². The van der Waals surface area contributed by atoms with Crippen LogP contribution in [0.3, 0.4) is 0 Å². The third-order valence-electron chi connectivity index (χ3n) is 4.53. The second-order valence-electron chi connectivity index (χ2n) is 6.35. The van der Waals surface area contributed by atoms with Crippen molar-refractivity contribution in [3.63, 3.8) is 0 Å². The van der Waals surface area contributed by atoms with Crippen LogP contribution in [0.2, 0.25) is 0 Å². The van der Waals surface area contributed by atoms with Crippen LogP contribution in [0, 0.1) is 0 Å². The molecule has 0 atom stereocenters. The number of imidazole rings is 1. The quantitative estimate of drug-likeness (QED) is 0.477. The highest BCUT2D eigenvalue weighted by atomic mass is 32.1. The molecule has 0 saturated carbocycles. The summed E-state index contributed by atoms with van der Waals surface area (Å²) < 4.78 is 13.1. The fourth-order valence-electron chi connectivity index (χ4n) is 3.09. The Balaban J connectivity index is 1.46. The lowest BCUT2D eigenvalue weighted by Crippen LogP contribution is -2.24. The standard InChI is InChI=1S/C22H21N3O3S/c1-27-16-8-10-17(11-9-16)28-13-12-25-19-6-3-2-5-18(19)24-21(25)15-23-22(26)20-7-4-14-29-20/h2-11,14H,12-13,15H2,1H3,(H,23,26). The highest BCUT2D eigenvalue weighted by Crippen LogP contribution is 2.19. The number of aromatic nitrogens is 2. The molecule has 2 aromatic carbocycles. The van der Waals surface area contributed by atoms with Crippen LogP contribution in [0.25, 0.3) is 11.0 Å². The predicted molar refractivity (Wildman–Crippen MR) is 114 cm³/mol. The van der Waals surface area contributed by atoms with Crippen LogP contribution in [0.5, 0.6) is 11.5 Å². The number of nitrogens with one attached hydrogen (secondary N) is 1. The summed E-state index contributed by atoms with van der Waals surface area (Å²) in [6.45, 7) is 1.46. The van der Waals surface area contributed by atoms with E-state index in [1.165, 1.54) is 11.3 Å². The van der Waals surface area contributed by atoms with Crippen molar-refractivity contribution in [3.05, 3.63) is 76.7 Å². The maximum absolute atomic E-state index is 12.3. The van der Waals surface area contributed by atoms with Gasteiger partial charge in [-0.3, -0.25) is 4.79 Å². The molecule has 0 unspecified atom stereocenters. The first-order valence-corrected chi connectivity index (χ1v) is 10.2. The molecule has 29 heavy (non-hydrogen) atoms. The van der Waals surface area contributed by atoms with E-state index in [1.54, 1.807) is 7.11 Å². The summed E-state index contributed by atoms with van der Waals surface area (Å²) in [7, 11) is 1.64. The van der Waals surface area contributed by atoms with Gasteiger partial charge in [0, 0.05) is 0 Å². The van der Waals surface area contributed by atoms with E-state index < -0.39 is 0 Å². The van der Waals surface area contributed by atoms with E-state index in [4.69, 9.17) is 14.5 Å². The molecule has 0 aliphatic carbocycles. The van der Waals surface area contributed by atoms with Crippen molar-refractivity contribution in [1.29, 1.82) is 0 Å². The molecule has 1 amide bonds. The number of ether oxygens (including phenoxy) is 2. The molecule has 7 heteroatoms. The number of carbonyl (C=O) groups is 1. The minimum Gasteiger partial charge on any atom is -0.497 e. The second-order valence-corrected chi connectivity index (χ2v) is 7.30. The van der Waals surface area contributed by atoms with Gasteiger partial charge in [-0.2, -0.15) is 0 Å². The fraction of sp³-hybridized carbons (Fsp3) is 0.182. The smallest absolute Gasteiger partial charge is 0.261 e. The Hall–Kier alpha value is -3.32. The zero-order valence-electron chi connectivity index (χ0n) is 16.0. The number of hydrogen-bond acceptors (Lipinski definition) is 5. The number of hydrogen-bond donors (Lipinski definition) is 1. The molecule has 0 fully saturated rings. The maximum Gasteiger partial charge on any atom is 0.261 e. The molecule has 6 nitrogen and oxygen atoms in total. The average Bonchev–Trinajstić information content (AvgIpc) is 3.41. The highest BCUT2D eigenvalue weighted by molar-refractivity contribution is 7.12. The van der Waals surface area contributed by atoms with Crippen LogP contribution in [0.4, 0.5) is 0 Å². The number of nitrogens with zero attached hydrogens (tertiary/aromatic N) is 2. The molecule has 2 heterocycles. The van der Waals surface area contributed by atoms with Gasteiger partial charge in [0.25, 0.3) is 5.91 Å². The molecule has 0 spiro atoms. The van der Waals surface area contributed by atoms with Crippen molar-refractivity contribution < 1.29 is 14.3 Å². The topological polar surface area (TPSA) is 65.4 Å². The normalized spacial score (nSPS) is 10.8. The van der Waals surface area contributed by atoms with Gasteiger partial charge < -0.3 is 19.4 Å². The van der Waals surface area contributed by atoms with E-state index in [9.17, 15) is 4.79 Å². The summed E-state index contributed by atoms with van der Waals surface area (Å²) in [5.74, 6) is 2.28. The number of carbonyl (C=O) groups excluding carboxylic acids is 1. The summed E-state index contributed by atoms with van der Waals surface area (Å²) >= 11 is 1.42. The number of fused-ring (bicyclic) bond motifs is 1. The molecule has 4 aromatic rings. The monoisotopic (exact) mass is 407 g/mol. The third kappa shape index (κ3) is 4.41. The van der Waals surface area contributed by atoms with Crippen molar-refractivity contribution in [2.45, 2.75) is 13.1 Å². The Kier molecular flexibility index (Phi) is 5.76. The Morgan fingerprint density at radius 2 is 1.86 bits per heavy atom. The van der Waals surface area contributed by atoms with Crippen LogP contribution < -0.4 is 14.8 Å². The van der Waals surface area contributed by atoms with E-state index in [0.717, 1.165) is 28.4 Å². The zero-order valence-corrected chi connectivity index (χ0v) is 16.8. The number of rotatable bonds is 8. The van der Waals surface area contributed by atoms with E-state index in [1.807, 2.05) is 66.0 Å². The summed E-state index contributed by atoms with van der Waals surface area (Å²) in [5.41, 5.74) is 1.92. The first-order valence-electron chi connectivity index (χ1n) is 9.27. The molecule has 4 rings (SSSR count). The van der Waals surface area contributed by atoms with E-state index >= 15 is 0 Å². The lowest BCUT2D eigenvalue weighted by atomic mass is 10.3. The number of methoxy groups -OCH3 is 1. The summed E-state index contributed by atoms with van der Waals surface area (Å²) in [6, 6.07) is 19.1. The van der Waals surface area contributed by atoms with Gasteiger partial charge in [-0.15, -0.1) is 11.3 Å². The SMILES string of the molecule is COc1ccc(OCCn2c(CNC(=O)c3cccs3)nc3ccccc32)cc1. The minimum absolute atomic E-state index is 0.0897. The van der Waals surface area contributed by atoms with Crippen LogP contribution in [-0.2, 0) is 13.1 Å². The van der Waals surface area contributed by atoms with Crippen LogP contribution >= 0.6 is 11.3 Å². The molecule has 2 aromatic heterocycles. The highest BCUT2D eigenvalue weighted by Gasteiger charge is 2.13. The van der Waals surface area contributed by atoms with Crippen molar-refractivity contribution in [3.8, 4) is 11.5 Å². The molecule has 0 radical (unpaired) electrons. The van der Waals surface area contributed by atoms with Crippen molar-refractivity contribution in [1.82, 2.24) is 14.9 Å². The van der Waals surface area contributed by atoms with E-state index in [-0.39, 0.29) is 5.91 Å². The Morgan fingerprint density at radius 3 is 2.62 bits per heavy atom. The van der Waals surface area contributed by atoms with Gasteiger partial charge in [-0.25, -0.2) is 4.98 Å². The van der Waals surface area contributed by atoms with Gasteiger partial charge >= 0.3 is 0 Å². The lowest BCUT2D eigenvalue weighted by Gasteiger charge is -2.11. The first-order chi connectivity index (χ1) is 14.2. The maximum atomic E-state index is 12.3. The largest absolute Gasteiger partial charge is 0.497 e. The molecule has 0 aliphatic heterocycles. The fourth-order valence-corrected chi connectivity index (χ4v) is 3.73. The summed E-state index contributed by atoms with van der Waals surface area (Å²) in [5, 5.41) is 4.85. The van der Waals surface area contributed by atoms with Crippen molar-refractivity contribution in [2.75, 3.05) is 13.7 Å². The van der Waals surface area contributed by atoms with Crippen LogP contribution in [-0.4, -0.2) is 29.2 Å². The molecular weight excluding hydrogens is 386 g/mol. The van der Waals surface area contributed by atoms with Crippen LogP contribution in [0.1, 0.15) is 15.5 Å². The molecule has 1 N–H and O–H groups in total. The second kappa shape index (κ2) is 8.79. The molecule has 148 valence electrons. The number of para-hydroxylation sites is 2. The summed E-state index contributed by atoms with van der Waals surface area (Å²) in [6.07, 6.45) is 0. The van der Waals surface area contributed by atoms with Gasteiger partial charge in [0.2, 0.25) is 0 Å². The lowest BCUT2D eigenvalue weighted by molar-refractivity contribution is 0.0953. The van der Waals surface area contributed by atoms with Gasteiger partial charge in [0.1, 0.15) is 23.9 Å². The van der Waals surface area contributed by atoms with E-state index in [0.29, 0.717) is 24.6 Å². The molecule has 0 saturated heterocycles. The van der Waals surface area contributed by atoms with Gasteiger partial charge in [-0.05, 0) is 47.8 Å². The first kappa shape index (κ1) is 19.0. The predicted octanol–water partition coefficient (Wildman–Crippen LogP) is 4.12. The average molecular weight is 407 g/mol. The van der Waals surface area contributed by atoms with E-state index in [2.05, 4.69) is 9.88 Å². The minimum atomic E-state index is -0.0897. The Morgan fingerprint density at radius 1 is 1.07 bits per heavy atom. The zero-order chi connectivity index (χ0) is 20.1. The molecule has 0 aliphatic rings. The van der Waals surface area contributed by atoms with Crippen molar-refractivity contribution >= 4 is 28.3 Å². The third-order valence-corrected chi connectivity index (χ3v) is 5.40. The van der Waals surface area contributed by atoms with Gasteiger partial charge in [-0.1, -0.05) is 18.2 Å². The number of thiophene rings is 1. The summed E-state index contributed by atoms with van der Waals surface area (Å²) in [4.78, 5) is 17.7. The van der Waals surface area contributed by atoms with Crippen LogP contribution in [0.15, 0.2) is 66.0 Å². The van der Waals surface area contributed by atoms with Gasteiger partial charge in [0.15, 0.2) is 0 Å². The number of benzene rings is 2. The Bertz CT molecular complexity index is 1090. The number of amides is 1. The molecular formula is C22H21N3O3S. The Labute approximate surface area is 172 Å². The van der Waals surface area contributed by atoms with Crippen molar-refractivity contribution in [2.24, 2.45) is 0 Å².